The molecule has 0 radical (unpaired) electrons. The second kappa shape index (κ2) is 8.32. The van der Waals surface area contributed by atoms with Crippen molar-refractivity contribution in [3.8, 4) is 0 Å². The predicted octanol–water partition coefficient (Wildman–Crippen LogP) is 1.33. The molecule has 0 aliphatic carbocycles. The molecule has 1 N–H and O–H groups in total. The van der Waals surface area contributed by atoms with Gasteiger partial charge in [-0.25, -0.2) is 4.79 Å². The van der Waals surface area contributed by atoms with E-state index in [4.69, 9.17) is 9.47 Å². The summed E-state index contributed by atoms with van der Waals surface area (Å²) in [6.07, 6.45) is -1.30. The first-order valence-electron chi connectivity index (χ1n) is 6.65. The fraction of sp³-hybridized carbons (Fsp3) is 0.467. The van der Waals surface area contributed by atoms with Crippen molar-refractivity contribution in [3.05, 3.63) is 35.9 Å². The topological polar surface area (TPSA) is 72.8 Å². The van der Waals surface area contributed by atoms with Gasteiger partial charge in [0.05, 0.1) is 19.1 Å². The zero-order chi connectivity index (χ0) is 15.0. The summed E-state index contributed by atoms with van der Waals surface area (Å²) in [5.41, 5.74) is 0.842. The van der Waals surface area contributed by atoms with E-state index in [-0.39, 0.29) is 19.6 Å². The molecule has 5 heteroatoms. The van der Waals surface area contributed by atoms with Crippen LogP contribution in [-0.2, 0) is 25.5 Å². The fourth-order valence-electron chi connectivity index (χ4n) is 1.83. The van der Waals surface area contributed by atoms with Crippen molar-refractivity contribution < 1.29 is 24.2 Å². The molecule has 1 rings (SSSR count). The van der Waals surface area contributed by atoms with Gasteiger partial charge in [-0.2, -0.15) is 0 Å². The molecule has 0 saturated heterocycles. The van der Waals surface area contributed by atoms with Crippen LogP contribution in [-0.4, -0.2) is 36.4 Å². The van der Waals surface area contributed by atoms with E-state index in [0.29, 0.717) is 0 Å². The van der Waals surface area contributed by atoms with Crippen molar-refractivity contribution in [3.63, 3.8) is 0 Å². The first-order chi connectivity index (χ1) is 9.60. The molecular formula is C15H20O5. The third-order valence-electron chi connectivity index (χ3n) is 2.80. The Labute approximate surface area is 118 Å². The van der Waals surface area contributed by atoms with Crippen LogP contribution in [0.15, 0.2) is 30.3 Å². The number of aliphatic hydroxyl groups excluding tert-OH is 1. The molecular weight excluding hydrogens is 260 g/mol. The Kier molecular flexibility index (Phi) is 6.73. The summed E-state index contributed by atoms with van der Waals surface area (Å²) >= 11 is 0. The van der Waals surface area contributed by atoms with Gasteiger partial charge < -0.3 is 14.6 Å². The Bertz CT molecular complexity index is 429. The molecule has 0 aliphatic rings. The van der Waals surface area contributed by atoms with Crippen LogP contribution in [0.25, 0.3) is 0 Å². The van der Waals surface area contributed by atoms with Crippen molar-refractivity contribution in [2.75, 3.05) is 13.2 Å². The Morgan fingerprint density at radius 1 is 1.05 bits per heavy atom. The number of hydrogen-bond donors (Lipinski definition) is 1. The normalized spacial score (nSPS) is 13.3. The zero-order valence-corrected chi connectivity index (χ0v) is 11.7. The number of rotatable bonds is 7. The average Bonchev–Trinajstić information content (AvgIpc) is 2.45. The highest BCUT2D eigenvalue weighted by atomic mass is 16.6. The second-order valence-electron chi connectivity index (χ2n) is 4.25. The lowest BCUT2D eigenvalue weighted by molar-refractivity contribution is -0.166. The average molecular weight is 280 g/mol. The highest BCUT2D eigenvalue weighted by Crippen LogP contribution is 2.16. The minimum atomic E-state index is -1.52. The Morgan fingerprint density at radius 2 is 1.60 bits per heavy atom. The van der Waals surface area contributed by atoms with Crippen LogP contribution in [0.2, 0.25) is 0 Å². The Morgan fingerprint density at radius 3 is 2.15 bits per heavy atom. The van der Waals surface area contributed by atoms with Gasteiger partial charge in [0.15, 0.2) is 6.10 Å². The number of carbonyl (C=O) groups excluding carboxylic acids is 2. The standard InChI is InChI=1S/C15H20O5/c1-3-19-14(17)12(13(16)15(18)20-4-2)10-11-8-6-5-7-9-11/h5-9,12-13,16H,3-4,10H2,1-2H3/t12?,13-/m0/s1. The van der Waals surface area contributed by atoms with Gasteiger partial charge in [0.2, 0.25) is 0 Å². The highest BCUT2D eigenvalue weighted by Gasteiger charge is 2.34. The van der Waals surface area contributed by atoms with E-state index in [1.165, 1.54) is 0 Å². The smallest absolute Gasteiger partial charge is 0.335 e. The van der Waals surface area contributed by atoms with Gasteiger partial charge in [0, 0.05) is 0 Å². The maximum absolute atomic E-state index is 11.9. The minimum absolute atomic E-state index is 0.150. The van der Waals surface area contributed by atoms with E-state index in [1.54, 1.807) is 13.8 Å². The quantitative estimate of drug-likeness (QED) is 0.763. The lowest BCUT2D eigenvalue weighted by atomic mass is 9.94. The van der Waals surface area contributed by atoms with E-state index in [9.17, 15) is 14.7 Å². The van der Waals surface area contributed by atoms with Gasteiger partial charge in [-0.05, 0) is 25.8 Å². The third kappa shape index (κ3) is 4.66. The second-order valence-corrected chi connectivity index (χ2v) is 4.25. The summed E-state index contributed by atoms with van der Waals surface area (Å²) in [6, 6.07) is 9.15. The van der Waals surface area contributed by atoms with E-state index in [0.717, 1.165) is 5.56 Å². The van der Waals surface area contributed by atoms with Crippen LogP contribution in [0.5, 0.6) is 0 Å². The predicted molar refractivity (Wildman–Crippen MR) is 72.9 cm³/mol. The molecule has 0 aliphatic heterocycles. The van der Waals surface area contributed by atoms with Gasteiger partial charge in [-0.3, -0.25) is 4.79 Å². The van der Waals surface area contributed by atoms with Crippen molar-refractivity contribution in [2.45, 2.75) is 26.4 Å². The molecule has 20 heavy (non-hydrogen) atoms. The van der Waals surface area contributed by atoms with Gasteiger partial charge in [-0.15, -0.1) is 0 Å². The van der Waals surface area contributed by atoms with E-state index in [2.05, 4.69) is 0 Å². The minimum Gasteiger partial charge on any atom is -0.466 e. The zero-order valence-electron chi connectivity index (χ0n) is 11.7. The molecule has 0 aromatic heterocycles. The van der Waals surface area contributed by atoms with Crippen molar-refractivity contribution >= 4 is 11.9 Å². The molecule has 2 atom stereocenters. The molecule has 1 aromatic carbocycles. The summed E-state index contributed by atoms with van der Waals surface area (Å²) in [5, 5.41) is 9.99. The van der Waals surface area contributed by atoms with Gasteiger partial charge in [0.1, 0.15) is 0 Å². The molecule has 0 amide bonds. The van der Waals surface area contributed by atoms with Crippen molar-refractivity contribution in [2.24, 2.45) is 5.92 Å². The number of benzene rings is 1. The molecule has 0 saturated carbocycles. The molecule has 0 heterocycles. The summed E-state index contributed by atoms with van der Waals surface area (Å²) in [4.78, 5) is 23.5. The highest BCUT2D eigenvalue weighted by molar-refractivity contribution is 5.83. The first kappa shape index (κ1) is 16.2. The fourth-order valence-corrected chi connectivity index (χ4v) is 1.83. The molecule has 1 aromatic rings. The van der Waals surface area contributed by atoms with Crippen LogP contribution in [0.3, 0.4) is 0 Å². The Hall–Kier alpha value is -1.88. The van der Waals surface area contributed by atoms with E-state index < -0.39 is 24.0 Å². The molecule has 0 spiro atoms. The number of aliphatic hydroxyl groups is 1. The Balaban J connectivity index is 2.84. The lowest BCUT2D eigenvalue weighted by Crippen LogP contribution is -2.38. The van der Waals surface area contributed by atoms with Gasteiger partial charge in [0.25, 0.3) is 0 Å². The number of esters is 2. The van der Waals surface area contributed by atoms with E-state index in [1.807, 2.05) is 30.3 Å². The van der Waals surface area contributed by atoms with Crippen LogP contribution in [0, 0.1) is 5.92 Å². The van der Waals surface area contributed by atoms with Crippen LogP contribution in [0.4, 0.5) is 0 Å². The van der Waals surface area contributed by atoms with Crippen LogP contribution >= 0.6 is 0 Å². The maximum atomic E-state index is 11.9. The molecule has 0 bridgehead atoms. The van der Waals surface area contributed by atoms with E-state index >= 15 is 0 Å². The number of ether oxygens (including phenoxy) is 2. The first-order valence-corrected chi connectivity index (χ1v) is 6.65. The molecule has 110 valence electrons. The van der Waals surface area contributed by atoms with Crippen LogP contribution < -0.4 is 0 Å². The van der Waals surface area contributed by atoms with Gasteiger partial charge in [-0.1, -0.05) is 30.3 Å². The lowest BCUT2D eigenvalue weighted by Gasteiger charge is -2.20. The maximum Gasteiger partial charge on any atom is 0.335 e. The summed E-state index contributed by atoms with van der Waals surface area (Å²) < 4.78 is 9.67. The number of carbonyl (C=O) groups is 2. The summed E-state index contributed by atoms with van der Waals surface area (Å²) in [5.74, 6) is -2.37. The van der Waals surface area contributed by atoms with Gasteiger partial charge >= 0.3 is 11.9 Å². The SMILES string of the molecule is CCOC(=O)C(Cc1ccccc1)[C@H](O)C(=O)OCC. The summed E-state index contributed by atoms with van der Waals surface area (Å²) in [7, 11) is 0. The van der Waals surface area contributed by atoms with Crippen molar-refractivity contribution in [1.29, 1.82) is 0 Å². The number of hydrogen-bond acceptors (Lipinski definition) is 5. The molecule has 1 unspecified atom stereocenters. The molecule has 0 fully saturated rings. The largest absolute Gasteiger partial charge is 0.466 e. The van der Waals surface area contributed by atoms with Crippen LogP contribution in [0.1, 0.15) is 19.4 Å². The third-order valence-corrected chi connectivity index (χ3v) is 2.80. The summed E-state index contributed by atoms with van der Waals surface area (Å²) in [6.45, 7) is 3.66. The molecule has 5 nitrogen and oxygen atoms in total. The monoisotopic (exact) mass is 280 g/mol. The van der Waals surface area contributed by atoms with Crippen molar-refractivity contribution in [1.82, 2.24) is 0 Å².